The van der Waals surface area contributed by atoms with Gasteiger partial charge in [-0.2, -0.15) is 23.5 Å². The third-order valence-electron chi connectivity index (χ3n) is 16.8. The maximum absolute atomic E-state index is 14.1. The number of hydrogen-bond acceptors (Lipinski definition) is 30. The number of aliphatic hydroxyl groups excluding tert-OH is 3. The van der Waals surface area contributed by atoms with E-state index in [9.17, 15) is 34.5 Å². The van der Waals surface area contributed by atoms with Gasteiger partial charge in [-0.05, 0) is 55.4 Å². The van der Waals surface area contributed by atoms with E-state index in [-0.39, 0.29) is 63.9 Å². The summed E-state index contributed by atoms with van der Waals surface area (Å²) in [6.07, 6.45) is -10.4. The molecule has 8 fully saturated rings. The van der Waals surface area contributed by atoms with E-state index < -0.39 is 156 Å². The van der Waals surface area contributed by atoms with Gasteiger partial charge in [-0.15, -0.1) is 11.8 Å². The SMILES string of the molecule is CC1(C)O[C@@H]2[C@H](O1)[C@@H](C(O)SCc1cc(=O)[nH]c(=O)n1[C@@H]1O[C@H](CSCc3nc4c(N)ncnc4n3[C@@H]3O[C@H](CSCc4cc(=O)[nH]c(=O)n4[C@@H]4O[C@H](CO)[C@H]5OC(C)(C)O[C@H]54)[C@H]4OC(C)(C)O[C@H]43)[C@H]3OC(C)(C)O[C@H]31)O[C@H]2n1c(CO)nc2c(N)ncnc21. The lowest BCUT2D eigenvalue weighted by Gasteiger charge is -2.28. The number of rotatable bonds is 18. The fraction of sp³-hybridized carbons (Fsp3) is 0.667. The van der Waals surface area contributed by atoms with Crippen molar-refractivity contribution in [2.24, 2.45) is 0 Å². The Labute approximate surface area is 522 Å². The Hall–Kier alpha value is -5.49. The second-order valence-corrected chi connectivity index (χ2v) is 27.9. The summed E-state index contributed by atoms with van der Waals surface area (Å²) in [7, 11) is 0. The Morgan fingerprint density at radius 1 is 0.522 bits per heavy atom. The molecule has 0 bridgehead atoms. The van der Waals surface area contributed by atoms with E-state index in [0.717, 1.165) is 11.8 Å². The lowest BCUT2D eigenvalue weighted by atomic mass is 10.1. The molecule has 6 aromatic rings. The van der Waals surface area contributed by atoms with Crippen LogP contribution in [0.25, 0.3) is 22.3 Å². The van der Waals surface area contributed by atoms with Crippen LogP contribution in [0.15, 0.2) is 44.0 Å². The first-order valence-corrected chi connectivity index (χ1v) is 32.5. The van der Waals surface area contributed by atoms with E-state index in [1.165, 1.54) is 57.4 Å². The molecule has 486 valence electrons. The molecule has 33 nitrogen and oxygen atoms in total. The molecule has 0 aromatic carbocycles. The molecule has 6 aromatic heterocycles. The summed E-state index contributed by atoms with van der Waals surface area (Å²) in [5.74, 6) is -2.52. The van der Waals surface area contributed by atoms with E-state index in [0.29, 0.717) is 28.4 Å². The number of nitrogens with two attached hydrogens (primary N) is 2. The van der Waals surface area contributed by atoms with Crippen LogP contribution in [0.1, 0.15) is 103 Å². The van der Waals surface area contributed by atoms with Crippen LogP contribution in [0, 0.1) is 0 Å². The minimum absolute atomic E-state index is 0.0901. The summed E-state index contributed by atoms with van der Waals surface area (Å²) in [5, 5.41) is 32.6. The van der Waals surface area contributed by atoms with Gasteiger partial charge in [-0.1, -0.05) is 0 Å². The fourth-order valence-corrected chi connectivity index (χ4v) is 16.5. The van der Waals surface area contributed by atoms with Crippen molar-refractivity contribution in [2.75, 3.05) is 29.6 Å². The summed E-state index contributed by atoms with van der Waals surface area (Å²) in [6.45, 7) is 13.2. The maximum Gasteiger partial charge on any atom is 0.330 e. The quantitative estimate of drug-likeness (QED) is 0.0561. The van der Waals surface area contributed by atoms with Gasteiger partial charge in [0.15, 0.2) is 82.0 Å². The zero-order valence-electron chi connectivity index (χ0n) is 49.8. The van der Waals surface area contributed by atoms with Crippen LogP contribution in [-0.4, -0.2) is 193 Å². The van der Waals surface area contributed by atoms with Crippen molar-refractivity contribution < 1.29 is 72.2 Å². The Kier molecular flexibility index (Phi) is 15.8. The summed E-state index contributed by atoms with van der Waals surface area (Å²) in [6, 6.07) is 2.59. The standard InChI is InChI=1S/C54H68N14O19S3/c1-51(2)80-31-22(11-69)76-44(35(31)84-51)65-20(9-27(71)63-49(65)74)13-88-15-23-33-37(86-53(5,6)82-33)46(78-23)68-26(62-30-41(56)58-19-60-43(30)68)17-89-16-24-32-36(85-52(3,4)81-32)45(77-24)66-21(10-28(72)64-50(66)75)14-90-48(73)39-34-38(87-54(7,8)83-34)47(79-39)67-25(12-70)61-29-40(55)57-18-59-42(29)67/h9-10,18-19,22-24,31-39,44-48,69-70,73H,11-17H2,1-8H3,(H2,55,57,59)(H2,56,58,60)(H,63,71,74)(H,64,72,75)/t22-,23-,24-,31-,32-,33-,34+,35-,36-,37-,38-,39+,44-,45-,46-,47-,48?/m1/s1. The molecule has 1 unspecified atom stereocenters. The second-order valence-electron chi connectivity index (χ2n) is 24.8. The lowest BCUT2D eigenvalue weighted by molar-refractivity contribution is -0.202. The van der Waals surface area contributed by atoms with Crippen LogP contribution < -0.4 is 34.0 Å². The van der Waals surface area contributed by atoms with E-state index in [1.54, 1.807) is 46.1 Å². The van der Waals surface area contributed by atoms with Crippen LogP contribution in [0.4, 0.5) is 11.6 Å². The number of hydrogen-bond donors (Lipinski definition) is 7. The van der Waals surface area contributed by atoms with Gasteiger partial charge in [0.05, 0.1) is 24.6 Å². The van der Waals surface area contributed by atoms with Crippen molar-refractivity contribution in [3.8, 4) is 0 Å². The molecule has 0 spiro atoms. The molecule has 8 saturated heterocycles. The zero-order chi connectivity index (χ0) is 63.2. The first-order valence-electron chi connectivity index (χ1n) is 29.1. The zero-order valence-corrected chi connectivity index (χ0v) is 52.2. The highest BCUT2D eigenvalue weighted by atomic mass is 32.2. The van der Waals surface area contributed by atoms with Crippen LogP contribution in [0.2, 0.25) is 0 Å². The monoisotopic (exact) mass is 1310 g/mol. The number of ether oxygens (including phenoxy) is 12. The molecule has 14 heterocycles. The van der Waals surface area contributed by atoms with Crippen LogP contribution in [0.5, 0.6) is 0 Å². The van der Waals surface area contributed by atoms with Crippen molar-refractivity contribution in [2.45, 2.75) is 206 Å². The summed E-state index contributed by atoms with van der Waals surface area (Å²) < 4.78 is 83.4. The number of fused-ring (bicyclic) bond motifs is 6. The van der Waals surface area contributed by atoms with Gasteiger partial charge in [0.2, 0.25) is 0 Å². The molecule has 0 radical (unpaired) electrons. The molecular weight excluding hydrogens is 1240 g/mol. The molecule has 90 heavy (non-hydrogen) atoms. The molecular formula is C54H68N14O19S3. The molecule has 17 atom stereocenters. The second kappa shape index (κ2) is 22.9. The maximum atomic E-state index is 14.1. The number of nitrogen functional groups attached to an aromatic ring is 2. The minimum Gasteiger partial charge on any atom is -0.394 e. The van der Waals surface area contributed by atoms with Crippen LogP contribution in [0.3, 0.4) is 0 Å². The number of H-pyrrole nitrogens is 2. The predicted octanol–water partition coefficient (Wildman–Crippen LogP) is 0.104. The average Bonchev–Trinajstić information content (AvgIpc) is 1.62. The summed E-state index contributed by atoms with van der Waals surface area (Å²) in [5.41, 5.74) is 10.3. The van der Waals surface area contributed by atoms with E-state index in [4.69, 9.17) is 73.3 Å². The van der Waals surface area contributed by atoms with E-state index in [1.807, 2.05) is 18.4 Å². The number of aliphatic hydroxyl groups is 3. The van der Waals surface area contributed by atoms with Crippen molar-refractivity contribution in [3.05, 3.63) is 89.5 Å². The third-order valence-corrected chi connectivity index (χ3v) is 19.9. The molecule has 0 amide bonds. The Balaban J connectivity index is 0.688. The van der Waals surface area contributed by atoms with Gasteiger partial charge in [0.1, 0.15) is 97.4 Å². The largest absolute Gasteiger partial charge is 0.394 e. The summed E-state index contributed by atoms with van der Waals surface area (Å²) in [4.78, 5) is 85.1. The molecule has 8 aliphatic heterocycles. The van der Waals surface area contributed by atoms with Crippen molar-refractivity contribution in [3.63, 3.8) is 0 Å². The molecule has 8 aliphatic rings. The molecule has 0 aliphatic carbocycles. The average molecular weight is 1310 g/mol. The number of nitrogens with zero attached hydrogens (tertiary/aromatic N) is 10. The number of aromatic nitrogens is 12. The van der Waals surface area contributed by atoms with Gasteiger partial charge in [-0.25, -0.2) is 39.5 Å². The first-order chi connectivity index (χ1) is 42.8. The van der Waals surface area contributed by atoms with Gasteiger partial charge < -0.3 is 83.6 Å². The topological polar surface area (TPSA) is 420 Å². The Morgan fingerprint density at radius 3 is 1.42 bits per heavy atom. The summed E-state index contributed by atoms with van der Waals surface area (Å²) >= 11 is 3.82. The number of aromatic amines is 2. The fourth-order valence-electron chi connectivity index (χ4n) is 13.4. The lowest BCUT2D eigenvalue weighted by Crippen LogP contribution is -2.40. The smallest absolute Gasteiger partial charge is 0.330 e. The highest BCUT2D eigenvalue weighted by molar-refractivity contribution is 7.99. The number of anilines is 2. The van der Waals surface area contributed by atoms with Gasteiger partial charge >= 0.3 is 11.4 Å². The Bertz CT molecular complexity index is 4010. The minimum atomic E-state index is -1.34. The van der Waals surface area contributed by atoms with Gasteiger partial charge in [0.25, 0.3) is 11.1 Å². The van der Waals surface area contributed by atoms with Crippen LogP contribution >= 0.6 is 35.3 Å². The molecule has 14 rings (SSSR count). The van der Waals surface area contributed by atoms with Crippen LogP contribution in [-0.2, 0) is 80.7 Å². The predicted molar refractivity (Wildman–Crippen MR) is 316 cm³/mol. The van der Waals surface area contributed by atoms with Gasteiger partial charge in [-0.3, -0.25) is 37.8 Å². The van der Waals surface area contributed by atoms with E-state index >= 15 is 0 Å². The Morgan fingerprint density at radius 2 is 0.922 bits per heavy atom. The highest BCUT2D eigenvalue weighted by Crippen LogP contribution is 2.50. The normalized spacial score (nSPS) is 33.8. The van der Waals surface area contributed by atoms with Crippen molar-refractivity contribution in [1.29, 1.82) is 0 Å². The molecule has 36 heteroatoms. The number of nitrogens with one attached hydrogen (secondary N) is 2. The molecule has 0 saturated carbocycles. The number of imidazole rings is 2. The van der Waals surface area contributed by atoms with Crippen molar-refractivity contribution in [1.82, 2.24) is 58.1 Å². The van der Waals surface area contributed by atoms with Gasteiger partial charge in [0, 0.05) is 46.5 Å². The van der Waals surface area contributed by atoms with Crippen molar-refractivity contribution >= 4 is 69.2 Å². The first kappa shape index (κ1) is 62.0. The van der Waals surface area contributed by atoms with E-state index in [2.05, 4.69) is 34.9 Å². The number of thioether (sulfide) groups is 3. The highest BCUT2D eigenvalue weighted by Gasteiger charge is 2.61. The third kappa shape index (κ3) is 11.0. The molecule has 9 N–H and O–H groups in total.